The van der Waals surface area contributed by atoms with Gasteiger partial charge in [-0.15, -0.1) is 0 Å². The lowest BCUT2D eigenvalue weighted by molar-refractivity contribution is 0.0773. The van der Waals surface area contributed by atoms with Gasteiger partial charge in [0, 0.05) is 19.3 Å². The Kier molecular flexibility index (Phi) is 4.12. The van der Waals surface area contributed by atoms with Crippen LogP contribution in [0.15, 0.2) is 36.7 Å². The van der Waals surface area contributed by atoms with Crippen LogP contribution in [0.5, 0.6) is 5.75 Å². The quantitative estimate of drug-likeness (QED) is 0.893. The van der Waals surface area contributed by atoms with Crippen LogP contribution < -0.4 is 4.74 Å². The highest BCUT2D eigenvalue weighted by atomic mass is 19.1. The predicted octanol–water partition coefficient (Wildman–Crippen LogP) is 1.70. The summed E-state index contributed by atoms with van der Waals surface area (Å²) in [5.74, 6) is -0.0407. The number of benzene rings is 1. The van der Waals surface area contributed by atoms with E-state index in [1.807, 2.05) is 0 Å². The number of carbonyl (C=O) groups is 1. The predicted molar refractivity (Wildman–Crippen MR) is 67.4 cm³/mol. The molecule has 5 nitrogen and oxygen atoms in total. The first kappa shape index (κ1) is 13.1. The van der Waals surface area contributed by atoms with Crippen LogP contribution in [0.2, 0.25) is 0 Å². The topological polar surface area (TPSA) is 58.2 Å². The zero-order valence-electron chi connectivity index (χ0n) is 10.5. The molecule has 1 N–H and O–H groups in total. The molecule has 0 fully saturated rings. The molecule has 1 aromatic carbocycles. The van der Waals surface area contributed by atoms with E-state index >= 15 is 0 Å². The van der Waals surface area contributed by atoms with Crippen LogP contribution in [0.1, 0.15) is 10.4 Å². The summed E-state index contributed by atoms with van der Waals surface area (Å²) in [6.07, 6.45) is 3.00. The minimum atomic E-state index is -0.347. The van der Waals surface area contributed by atoms with E-state index < -0.39 is 0 Å². The maximum Gasteiger partial charge on any atom is 0.256 e. The standard InChI is InChI=1S/C13H14FN3O2/c1-17(13(18)10-8-15-16-9-10)5-6-19-12-4-2-3-11(14)7-12/h2-4,7-9H,5-6H2,1H3,(H,15,16). The zero-order chi connectivity index (χ0) is 13.7. The molecular weight excluding hydrogens is 249 g/mol. The second-order valence-electron chi connectivity index (χ2n) is 4.02. The number of carbonyl (C=O) groups excluding carboxylic acids is 1. The molecule has 0 unspecified atom stereocenters. The van der Waals surface area contributed by atoms with E-state index in [-0.39, 0.29) is 11.7 Å². The number of hydrogen-bond donors (Lipinski definition) is 1. The second-order valence-corrected chi connectivity index (χ2v) is 4.02. The molecule has 2 aromatic rings. The van der Waals surface area contributed by atoms with Gasteiger partial charge in [0.25, 0.3) is 5.91 Å². The van der Waals surface area contributed by atoms with Crippen molar-refractivity contribution in [1.82, 2.24) is 15.1 Å². The highest BCUT2D eigenvalue weighted by Gasteiger charge is 2.12. The molecule has 0 radical (unpaired) electrons. The summed E-state index contributed by atoms with van der Waals surface area (Å²) in [5, 5.41) is 6.30. The summed E-state index contributed by atoms with van der Waals surface area (Å²) in [5.41, 5.74) is 0.494. The van der Waals surface area contributed by atoms with Gasteiger partial charge in [-0.2, -0.15) is 5.10 Å². The van der Waals surface area contributed by atoms with Crippen molar-refractivity contribution >= 4 is 5.91 Å². The Bertz CT molecular complexity index is 543. The Morgan fingerprint density at radius 3 is 3.05 bits per heavy atom. The molecule has 0 aliphatic rings. The number of H-pyrrole nitrogens is 1. The number of nitrogens with one attached hydrogen (secondary N) is 1. The number of halogens is 1. The average Bonchev–Trinajstić information content (AvgIpc) is 2.91. The summed E-state index contributed by atoms with van der Waals surface area (Å²) in [7, 11) is 1.67. The lowest BCUT2D eigenvalue weighted by Gasteiger charge is -2.16. The Balaban J connectivity index is 1.81. The van der Waals surface area contributed by atoms with E-state index in [0.717, 1.165) is 0 Å². The summed E-state index contributed by atoms with van der Waals surface area (Å²) >= 11 is 0. The van der Waals surface area contributed by atoms with Gasteiger partial charge in [-0.3, -0.25) is 9.89 Å². The van der Waals surface area contributed by atoms with E-state index in [0.29, 0.717) is 24.5 Å². The minimum Gasteiger partial charge on any atom is -0.492 e. The third kappa shape index (κ3) is 3.54. The molecule has 1 amide bonds. The molecule has 19 heavy (non-hydrogen) atoms. The van der Waals surface area contributed by atoms with Crippen molar-refractivity contribution in [1.29, 1.82) is 0 Å². The van der Waals surface area contributed by atoms with Gasteiger partial charge in [-0.25, -0.2) is 4.39 Å². The Hall–Kier alpha value is -2.37. The molecule has 100 valence electrons. The number of rotatable bonds is 5. The molecule has 0 aliphatic heterocycles. The SMILES string of the molecule is CN(CCOc1cccc(F)c1)C(=O)c1cn[nH]c1. The van der Waals surface area contributed by atoms with Crippen LogP contribution in [0.4, 0.5) is 4.39 Å². The Morgan fingerprint density at radius 2 is 2.37 bits per heavy atom. The van der Waals surface area contributed by atoms with Crippen LogP contribution in [0.3, 0.4) is 0 Å². The van der Waals surface area contributed by atoms with Gasteiger partial charge >= 0.3 is 0 Å². The lowest BCUT2D eigenvalue weighted by atomic mass is 10.3. The van der Waals surface area contributed by atoms with Gasteiger partial charge in [0.1, 0.15) is 18.2 Å². The van der Waals surface area contributed by atoms with E-state index in [1.54, 1.807) is 19.2 Å². The molecule has 1 heterocycles. The lowest BCUT2D eigenvalue weighted by Crippen LogP contribution is -2.30. The van der Waals surface area contributed by atoms with E-state index in [2.05, 4.69) is 10.2 Å². The van der Waals surface area contributed by atoms with Crippen LogP contribution in [0, 0.1) is 5.82 Å². The van der Waals surface area contributed by atoms with Crippen molar-refractivity contribution < 1.29 is 13.9 Å². The number of amides is 1. The fraction of sp³-hybridized carbons (Fsp3) is 0.231. The smallest absolute Gasteiger partial charge is 0.256 e. The van der Waals surface area contributed by atoms with Gasteiger partial charge in [-0.1, -0.05) is 6.07 Å². The number of nitrogens with zero attached hydrogens (tertiary/aromatic N) is 2. The summed E-state index contributed by atoms with van der Waals surface area (Å²) in [6, 6.07) is 5.89. The van der Waals surface area contributed by atoms with Crippen molar-refractivity contribution in [3.05, 3.63) is 48.0 Å². The first-order valence-electron chi connectivity index (χ1n) is 5.79. The molecule has 6 heteroatoms. The molecule has 0 saturated heterocycles. The number of aromatic nitrogens is 2. The molecule has 0 spiro atoms. The van der Waals surface area contributed by atoms with Crippen LogP contribution in [-0.2, 0) is 0 Å². The zero-order valence-corrected chi connectivity index (χ0v) is 10.5. The highest BCUT2D eigenvalue weighted by Crippen LogP contribution is 2.11. The second kappa shape index (κ2) is 5.99. The number of hydrogen-bond acceptors (Lipinski definition) is 3. The van der Waals surface area contributed by atoms with Crippen molar-refractivity contribution in [3.8, 4) is 5.75 Å². The van der Waals surface area contributed by atoms with Crippen molar-refractivity contribution in [2.75, 3.05) is 20.2 Å². The van der Waals surface area contributed by atoms with Crippen LogP contribution in [0.25, 0.3) is 0 Å². The molecule has 0 bridgehead atoms. The number of likely N-dealkylation sites (N-methyl/N-ethyl adjacent to an activating group) is 1. The van der Waals surface area contributed by atoms with E-state index in [4.69, 9.17) is 4.74 Å². The van der Waals surface area contributed by atoms with Crippen LogP contribution >= 0.6 is 0 Å². The Morgan fingerprint density at radius 1 is 1.53 bits per heavy atom. The normalized spacial score (nSPS) is 10.2. The molecule has 1 aromatic heterocycles. The first-order chi connectivity index (χ1) is 9.16. The molecule has 0 saturated carbocycles. The van der Waals surface area contributed by atoms with Gasteiger partial charge in [-0.05, 0) is 12.1 Å². The third-order valence-electron chi connectivity index (χ3n) is 2.58. The van der Waals surface area contributed by atoms with Crippen molar-refractivity contribution in [3.63, 3.8) is 0 Å². The van der Waals surface area contributed by atoms with Gasteiger partial charge in [0.15, 0.2) is 0 Å². The van der Waals surface area contributed by atoms with E-state index in [9.17, 15) is 9.18 Å². The molecule has 2 rings (SSSR count). The Labute approximate surface area is 110 Å². The third-order valence-corrected chi connectivity index (χ3v) is 2.58. The average molecular weight is 263 g/mol. The van der Waals surface area contributed by atoms with Gasteiger partial charge in [0.2, 0.25) is 0 Å². The van der Waals surface area contributed by atoms with Crippen LogP contribution in [-0.4, -0.2) is 41.2 Å². The maximum atomic E-state index is 12.9. The minimum absolute atomic E-state index is 0.142. The first-order valence-corrected chi connectivity index (χ1v) is 5.79. The van der Waals surface area contributed by atoms with Gasteiger partial charge < -0.3 is 9.64 Å². The summed E-state index contributed by atoms with van der Waals surface area (Å²) < 4.78 is 18.3. The monoisotopic (exact) mass is 263 g/mol. The largest absolute Gasteiger partial charge is 0.492 e. The highest BCUT2D eigenvalue weighted by molar-refractivity contribution is 5.93. The summed E-state index contributed by atoms with van der Waals surface area (Å²) in [4.78, 5) is 13.4. The fourth-order valence-corrected chi connectivity index (χ4v) is 1.55. The van der Waals surface area contributed by atoms with Crippen molar-refractivity contribution in [2.24, 2.45) is 0 Å². The summed E-state index contributed by atoms with van der Waals surface area (Å²) in [6.45, 7) is 0.698. The molecular formula is C13H14FN3O2. The number of aromatic amines is 1. The maximum absolute atomic E-state index is 12.9. The van der Waals surface area contributed by atoms with Gasteiger partial charge in [0.05, 0.1) is 18.3 Å². The number of ether oxygens (including phenoxy) is 1. The van der Waals surface area contributed by atoms with Crippen molar-refractivity contribution in [2.45, 2.75) is 0 Å². The van der Waals surface area contributed by atoms with E-state index in [1.165, 1.54) is 29.4 Å². The molecule has 0 atom stereocenters. The molecule has 0 aliphatic carbocycles. The fourth-order valence-electron chi connectivity index (χ4n) is 1.55.